The third-order valence-corrected chi connectivity index (χ3v) is 1.88. The van der Waals surface area contributed by atoms with Crippen LogP contribution in [0.4, 0.5) is 17.1 Å². The number of nitro groups is 1. The molecule has 1 rings (SSSR count). The first kappa shape index (κ1) is 11.0. The van der Waals surface area contributed by atoms with Gasteiger partial charge in [-0.15, -0.1) is 0 Å². The van der Waals surface area contributed by atoms with Crippen molar-refractivity contribution in [2.45, 2.75) is 13.8 Å². The van der Waals surface area contributed by atoms with Crippen molar-refractivity contribution in [1.82, 2.24) is 0 Å². The first-order chi connectivity index (χ1) is 6.91. The minimum absolute atomic E-state index is 0.0894. The van der Waals surface area contributed by atoms with Gasteiger partial charge in [-0.1, -0.05) is 0 Å². The van der Waals surface area contributed by atoms with Gasteiger partial charge in [0.2, 0.25) is 5.91 Å². The maximum atomic E-state index is 10.8. The Kier molecular flexibility index (Phi) is 2.89. The van der Waals surface area contributed by atoms with E-state index in [2.05, 4.69) is 5.32 Å². The molecule has 0 aliphatic heterocycles. The van der Waals surface area contributed by atoms with E-state index in [9.17, 15) is 14.9 Å². The highest BCUT2D eigenvalue weighted by molar-refractivity contribution is 5.90. The molecule has 6 heteroatoms. The number of benzene rings is 1. The molecular formula is C9H11N3O3. The Labute approximate surface area is 86.2 Å². The molecule has 6 nitrogen and oxygen atoms in total. The second-order valence-electron chi connectivity index (χ2n) is 3.16. The number of nitrogen functional groups attached to an aromatic ring is 1. The van der Waals surface area contributed by atoms with Crippen LogP contribution in [0.3, 0.4) is 0 Å². The number of nitrogens with zero attached hydrogens (tertiary/aromatic N) is 1. The average Bonchev–Trinajstić information content (AvgIpc) is 2.08. The standard InChI is InChI=1S/C9H11N3O3/c1-5-3-7(10)9(12(14)15)4-8(5)11-6(2)13/h3-4H,10H2,1-2H3,(H,11,13). The highest BCUT2D eigenvalue weighted by Crippen LogP contribution is 2.28. The summed E-state index contributed by atoms with van der Waals surface area (Å²) in [6.45, 7) is 3.05. The largest absolute Gasteiger partial charge is 0.393 e. The molecule has 0 fully saturated rings. The summed E-state index contributed by atoms with van der Waals surface area (Å²) in [5, 5.41) is 13.1. The third kappa shape index (κ3) is 2.43. The van der Waals surface area contributed by atoms with Gasteiger partial charge in [0.05, 0.1) is 10.6 Å². The quantitative estimate of drug-likeness (QED) is 0.437. The number of nitrogens with one attached hydrogen (secondary N) is 1. The summed E-state index contributed by atoms with van der Waals surface area (Å²) in [7, 11) is 0. The predicted molar refractivity (Wildman–Crippen MR) is 56.5 cm³/mol. The molecule has 15 heavy (non-hydrogen) atoms. The number of carbonyl (C=O) groups is 1. The van der Waals surface area contributed by atoms with E-state index in [4.69, 9.17) is 5.73 Å². The number of amides is 1. The minimum atomic E-state index is -0.583. The number of nitrogens with two attached hydrogens (primary N) is 1. The number of hydrogen-bond donors (Lipinski definition) is 2. The lowest BCUT2D eigenvalue weighted by Gasteiger charge is -2.07. The average molecular weight is 209 g/mol. The number of hydrogen-bond acceptors (Lipinski definition) is 4. The molecule has 1 aromatic rings. The second kappa shape index (κ2) is 3.95. The molecule has 0 spiro atoms. The monoisotopic (exact) mass is 209 g/mol. The fourth-order valence-corrected chi connectivity index (χ4v) is 1.20. The predicted octanol–water partition coefficient (Wildman–Crippen LogP) is 1.44. The Balaban J connectivity index is 3.23. The lowest BCUT2D eigenvalue weighted by molar-refractivity contribution is -0.383. The van der Waals surface area contributed by atoms with Crippen molar-refractivity contribution in [3.63, 3.8) is 0 Å². The molecule has 0 atom stereocenters. The smallest absolute Gasteiger partial charge is 0.294 e. The zero-order valence-corrected chi connectivity index (χ0v) is 8.40. The molecule has 0 heterocycles. The van der Waals surface area contributed by atoms with E-state index >= 15 is 0 Å². The molecule has 1 amide bonds. The summed E-state index contributed by atoms with van der Waals surface area (Å²) in [6.07, 6.45) is 0. The van der Waals surface area contributed by atoms with E-state index in [1.807, 2.05) is 0 Å². The van der Waals surface area contributed by atoms with E-state index in [1.165, 1.54) is 19.1 Å². The van der Waals surface area contributed by atoms with Gasteiger partial charge in [-0.2, -0.15) is 0 Å². The highest BCUT2D eigenvalue weighted by Gasteiger charge is 2.14. The Morgan fingerprint density at radius 3 is 2.60 bits per heavy atom. The van der Waals surface area contributed by atoms with E-state index in [-0.39, 0.29) is 17.3 Å². The van der Waals surface area contributed by atoms with Gasteiger partial charge in [0.25, 0.3) is 5.69 Å². The van der Waals surface area contributed by atoms with Crippen molar-refractivity contribution in [3.8, 4) is 0 Å². The van der Waals surface area contributed by atoms with Gasteiger partial charge in [0.1, 0.15) is 5.69 Å². The van der Waals surface area contributed by atoms with Gasteiger partial charge in [-0.05, 0) is 18.6 Å². The molecule has 3 N–H and O–H groups in total. The number of carbonyl (C=O) groups excluding carboxylic acids is 1. The molecule has 0 bridgehead atoms. The summed E-state index contributed by atoms with van der Waals surface area (Å²) in [4.78, 5) is 20.8. The van der Waals surface area contributed by atoms with Crippen molar-refractivity contribution < 1.29 is 9.72 Å². The van der Waals surface area contributed by atoms with Crippen LogP contribution in [0.15, 0.2) is 12.1 Å². The fourth-order valence-electron chi connectivity index (χ4n) is 1.20. The molecule has 0 unspecified atom stereocenters. The van der Waals surface area contributed by atoms with Gasteiger partial charge in [0.15, 0.2) is 0 Å². The lowest BCUT2D eigenvalue weighted by atomic mass is 10.1. The van der Waals surface area contributed by atoms with Crippen LogP contribution >= 0.6 is 0 Å². The fraction of sp³-hybridized carbons (Fsp3) is 0.222. The van der Waals surface area contributed by atoms with Crippen molar-refractivity contribution in [2.75, 3.05) is 11.1 Å². The summed E-state index contributed by atoms with van der Waals surface area (Å²) >= 11 is 0. The number of nitro benzene ring substituents is 1. The topological polar surface area (TPSA) is 98.3 Å². The Bertz CT molecular complexity index is 429. The Morgan fingerprint density at radius 2 is 2.13 bits per heavy atom. The van der Waals surface area contributed by atoms with Crippen LogP contribution in [0.2, 0.25) is 0 Å². The van der Waals surface area contributed by atoms with Crippen LogP contribution in [0, 0.1) is 17.0 Å². The van der Waals surface area contributed by atoms with Gasteiger partial charge in [-0.25, -0.2) is 0 Å². The van der Waals surface area contributed by atoms with Crippen molar-refractivity contribution in [3.05, 3.63) is 27.8 Å². The van der Waals surface area contributed by atoms with Crippen molar-refractivity contribution >= 4 is 23.0 Å². The Morgan fingerprint density at radius 1 is 1.53 bits per heavy atom. The minimum Gasteiger partial charge on any atom is -0.393 e. The molecule has 0 aliphatic carbocycles. The van der Waals surface area contributed by atoms with Crippen LogP contribution in [0.5, 0.6) is 0 Å². The summed E-state index contributed by atoms with van der Waals surface area (Å²) in [5.74, 6) is -0.280. The van der Waals surface area contributed by atoms with Gasteiger partial charge in [-0.3, -0.25) is 14.9 Å². The van der Waals surface area contributed by atoms with Crippen LogP contribution < -0.4 is 11.1 Å². The zero-order chi connectivity index (χ0) is 11.6. The molecule has 1 aromatic carbocycles. The molecule has 0 saturated heterocycles. The number of aryl methyl sites for hydroxylation is 1. The van der Waals surface area contributed by atoms with Gasteiger partial charge >= 0.3 is 0 Å². The van der Waals surface area contributed by atoms with Crippen LogP contribution in [0.25, 0.3) is 0 Å². The summed E-state index contributed by atoms with van der Waals surface area (Å²) in [5.41, 5.74) is 6.45. The first-order valence-electron chi connectivity index (χ1n) is 4.24. The van der Waals surface area contributed by atoms with Gasteiger partial charge < -0.3 is 11.1 Å². The molecule has 80 valence electrons. The van der Waals surface area contributed by atoms with E-state index < -0.39 is 4.92 Å². The number of anilines is 2. The highest BCUT2D eigenvalue weighted by atomic mass is 16.6. The first-order valence-corrected chi connectivity index (χ1v) is 4.24. The van der Waals surface area contributed by atoms with Crippen molar-refractivity contribution in [2.24, 2.45) is 0 Å². The van der Waals surface area contributed by atoms with Crippen LogP contribution in [0.1, 0.15) is 12.5 Å². The van der Waals surface area contributed by atoms with Gasteiger partial charge in [0, 0.05) is 13.0 Å². The Hall–Kier alpha value is -2.11. The maximum absolute atomic E-state index is 10.8. The van der Waals surface area contributed by atoms with E-state index in [0.717, 1.165) is 0 Å². The SMILES string of the molecule is CC(=O)Nc1cc([N+](=O)[O-])c(N)cc1C. The number of rotatable bonds is 2. The van der Waals surface area contributed by atoms with Crippen LogP contribution in [-0.2, 0) is 4.79 Å². The summed E-state index contributed by atoms with van der Waals surface area (Å²) in [6, 6.07) is 2.72. The summed E-state index contributed by atoms with van der Waals surface area (Å²) < 4.78 is 0. The third-order valence-electron chi connectivity index (χ3n) is 1.88. The van der Waals surface area contributed by atoms with E-state index in [0.29, 0.717) is 11.3 Å². The zero-order valence-electron chi connectivity index (χ0n) is 8.40. The molecule has 0 radical (unpaired) electrons. The van der Waals surface area contributed by atoms with Crippen molar-refractivity contribution in [1.29, 1.82) is 0 Å². The van der Waals surface area contributed by atoms with Crippen LogP contribution in [-0.4, -0.2) is 10.8 Å². The second-order valence-corrected chi connectivity index (χ2v) is 3.16. The lowest BCUT2D eigenvalue weighted by Crippen LogP contribution is -2.08. The molecule has 0 aromatic heterocycles. The molecule has 0 saturated carbocycles. The maximum Gasteiger partial charge on any atom is 0.294 e. The normalized spacial score (nSPS) is 9.73. The molecule has 0 aliphatic rings. The van der Waals surface area contributed by atoms with E-state index in [1.54, 1.807) is 6.92 Å². The molecular weight excluding hydrogens is 198 g/mol.